The molecule has 0 aliphatic heterocycles. The number of nitrogens with one attached hydrogen (secondary N) is 1. The van der Waals surface area contributed by atoms with Crippen LogP contribution in [0.3, 0.4) is 0 Å². The normalized spacial score (nSPS) is 12.9. The second-order valence-corrected chi connectivity index (χ2v) is 8.63. The summed E-state index contributed by atoms with van der Waals surface area (Å²) in [6, 6.07) is 7.49. The summed E-state index contributed by atoms with van der Waals surface area (Å²) in [5, 5.41) is 12.3. The Morgan fingerprint density at radius 2 is 1.70 bits per heavy atom. The number of aliphatic carboxylic acids is 1. The van der Waals surface area contributed by atoms with Crippen LogP contribution in [0.2, 0.25) is 0 Å². The smallest absolute Gasteiger partial charge is 0.333 e. The zero-order valence-corrected chi connectivity index (χ0v) is 21.1. The quantitative estimate of drug-likeness (QED) is 0.334. The Morgan fingerprint density at radius 3 is 2.21 bits per heavy atom. The van der Waals surface area contributed by atoms with Crippen molar-refractivity contribution in [3.8, 4) is 5.75 Å². The SMILES string of the molecule is CCCC(CCC)CN(CCOc1ccc(CC(OCC)C(=O)O)cc1)C(=O)NC(C)CC. The number of urea groups is 1. The van der Waals surface area contributed by atoms with Gasteiger partial charge in [0.15, 0.2) is 6.10 Å². The van der Waals surface area contributed by atoms with Gasteiger partial charge in [-0.2, -0.15) is 0 Å². The second kappa shape index (κ2) is 16.4. The summed E-state index contributed by atoms with van der Waals surface area (Å²) in [7, 11) is 0. The highest BCUT2D eigenvalue weighted by molar-refractivity contribution is 5.74. The van der Waals surface area contributed by atoms with E-state index in [1.54, 1.807) is 6.92 Å². The summed E-state index contributed by atoms with van der Waals surface area (Å²) in [6.45, 7) is 12.2. The number of benzene rings is 1. The minimum atomic E-state index is -0.961. The van der Waals surface area contributed by atoms with Gasteiger partial charge in [0.05, 0.1) is 6.54 Å². The van der Waals surface area contributed by atoms with Crippen LogP contribution < -0.4 is 10.1 Å². The first-order valence-electron chi connectivity index (χ1n) is 12.5. The molecule has 0 heterocycles. The molecule has 7 nitrogen and oxygen atoms in total. The lowest BCUT2D eigenvalue weighted by Crippen LogP contribution is -2.47. The van der Waals surface area contributed by atoms with E-state index in [0.717, 1.165) is 44.2 Å². The van der Waals surface area contributed by atoms with Crippen molar-refractivity contribution >= 4 is 12.0 Å². The van der Waals surface area contributed by atoms with Crippen LogP contribution in [0.15, 0.2) is 24.3 Å². The van der Waals surface area contributed by atoms with E-state index >= 15 is 0 Å². The number of carboxylic acids is 1. The summed E-state index contributed by atoms with van der Waals surface area (Å²) in [5.41, 5.74) is 0.875. The van der Waals surface area contributed by atoms with E-state index in [1.807, 2.05) is 36.1 Å². The van der Waals surface area contributed by atoms with Crippen LogP contribution in [0, 0.1) is 5.92 Å². The van der Waals surface area contributed by atoms with Gasteiger partial charge in [0, 0.05) is 25.6 Å². The van der Waals surface area contributed by atoms with Gasteiger partial charge in [-0.05, 0) is 56.7 Å². The maximum absolute atomic E-state index is 12.9. The van der Waals surface area contributed by atoms with Crippen molar-refractivity contribution < 1.29 is 24.2 Å². The first-order chi connectivity index (χ1) is 15.8. The van der Waals surface area contributed by atoms with E-state index in [9.17, 15) is 14.7 Å². The molecule has 188 valence electrons. The Hall–Kier alpha value is -2.28. The van der Waals surface area contributed by atoms with E-state index in [-0.39, 0.29) is 12.1 Å². The van der Waals surface area contributed by atoms with Crippen molar-refractivity contribution in [1.29, 1.82) is 0 Å². The molecule has 1 aromatic rings. The Kier molecular flexibility index (Phi) is 14.2. The number of ether oxygens (including phenoxy) is 2. The van der Waals surface area contributed by atoms with Crippen LogP contribution in [0.5, 0.6) is 5.75 Å². The maximum atomic E-state index is 12.9. The van der Waals surface area contributed by atoms with Crippen molar-refractivity contribution in [1.82, 2.24) is 10.2 Å². The third-order valence-corrected chi connectivity index (χ3v) is 5.76. The Bertz CT molecular complexity index is 674. The minimum absolute atomic E-state index is 0.0314. The molecule has 0 aliphatic carbocycles. The molecule has 0 spiro atoms. The van der Waals surface area contributed by atoms with E-state index in [1.165, 1.54) is 0 Å². The average molecular weight is 465 g/mol. The number of amides is 2. The van der Waals surface area contributed by atoms with Crippen molar-refractivity contribution in [2.24, 2.45) is 5.92 Å². The predicted octanol–water partition coefficient (Wildman–Crippen LogP) is 5.12. The molecule has 2 unspecified atom stereocenters. The largest absolute Gasteiger partial charge is 0.492 e. The molecular weight excluding hydrogens is 420 g/mol. The predicted molar refractivity (Wildman–Crippen MR) is 132 cm³/mol. The highest BCUT2D eigenvalue weighted by Gasteiger charge is 2.20. The number of nitrogens with zero attached hydrogens (tertiary/aromatic N) is 1. The van der Waals surface area contributed by atoms with E-state index < -0.39 is 12.1 Å². The standard InChI is InChI=1S/C26H44N2O5/c1-6-10-22(11-7-2)19-28(26(31)27-20(5)8-3)16-17-33-23-14-12-21(13-15-23)18-24(25(29)30)32-9-4/h12-15,20,22,24H,6-11,16-19H2,1-5H3,(H,27,31)(H,29,30). The number of carboxylic acid groups (broad SMARTS) is 1. The van der Waals surface area contributed by atoms with Crippen LogP contribution in [0.4, 0.5) is 4.79 Å². The van der Waals surface area contributed by atoms with Crippen molar-refractivity contribution in [3.05, 3.63) is 29.8 Å². The Balaban J connectivity index is 2.70. The molecule has 1 aromatic carbocycles. The molecule has 0 fully saturated rings. The monoisotopic (exact) mass is 464 g/mol. The summed E-state index contributed by atoms with van der Waals surface area (Å²) in [6.07, 6.45) is 4.80. The molecular formula is C26H44N2O5. The third-order valence-electron chi connectivity index (χ3n) is 5.76. The van der Waals surface area contributed by atoms with E-state index in [0.29, 0.717) is 37.8 Å². The molecule has 2 atom stereocenters. The summed E-state index contributed by atoms with van der Waals surface area (Å²) < 4.78 is 11.2. The molecule has 0 saturated carbocycles. The second-order valence-electron chi connectivity index (χ2n) is 8.63. The molecule has 0 aliphatic rings. The van der Waals surface area contributed by atoms with Gasteiger partial charge in [-0.1, -0.05) is 45.7 Å². The topological polar surface area (TPSA) is 88.1 Å². The van der Waals surface area contributed by atoms with Crippen molar-refractivity contribution in [2.45, 2.75) is 85.3 Å². The van der Waals surface area contributed by atoms with Gasteiger partial charge in [0.2, 0.25) is 0 Å². The van der Waals surface area contributed by atoms with Crippen LogP contribution in [0.1, 0.15) is 72.3 Å². The van der Waals surface area contributed by atoms with Crippen LogP contribution in [-0.2, 0) is 16.0 Å². The lowest BCUT2D eigenvalue weighted by Gasteiger charge is -2.29. The van der Waals surface area contributed by atoms with Crippen LogP contribution >= 0.6 is 0 Å². The van der Waals surface area contributed by atoms with E-state index in [4.69, 9.17) is 9.47 Å². The van der Waals surface area contributed by atoms with Gasteiger partial charge < -0.3 is 24.8 Å². The Labute approximate surface area is 199 Å². The molecule has 7 heteroatoms. The molecule has 33 heavy (non-hydrogen) atoms. The molecule has 0 aromatic heterocycles. The molecule has 2 N–H and O–H groups in total. The molecule has 0 bridgehead atoms. The van der Waals surface area contributed by atoms with Crippen LogP contribution in [-0.4, -0.2) is 60.5 Å². The van der Waals surface area contributed by atoms with Gasteiger partial charge in [-0.3, -0.25) is 0 Å². The first kappa shape index (κ1) is 28.8. The number of hydrogen-bond acceptors (Lipinski definition) is 4. The lowest BCUT2D eigenvalue weighted by atomic mass is 9.98. The molecule has 2 amide bonds. The summed E-state index contributed by atoms with van der Waals surface area (Å²) in [5.74, 6) is 0.231. The zero-order chi connectivity index (χ0) is 24.6. The van der Waals surface area contributed by atoms with Gasteiger partial charge in [-0.25, -0.2) is 9.59 Å². The summed E-state index contributed by atoms with van der Waals surface area (Å²) in [4.78, 5) is 26.0. The van der Waals surface area contributed by atoms with Crippen molar-refractivity contribution in [2.75, 3.05) is 26.3 Å². The minimum Gasteiger partial charge on any atom is -0.492 e. The molecule has 1 rings (SSSR count). The fraction of sp³-hybridized carbons (Fsp3) is 0.692. The highest BCUT2D eigenvalue weighted by atomic mass is 16.5. The number of carbonyl (C=O) groups excluding carboxylic acids is 1. The van der Waals surface area contributed by atoms with Crippen molar-refractivity contribution in [3.63, 3.8) is 0 Å². The molecule has 0 radical (unpaired) electrons. The summed E-state index contributed by atoms with van der Waals surface area (Å²) >= 11 is 0. The van der Waals surface area contributed by atoms with Gasteiger partial charge in [0.1, 0.15) is 12.4 Å². The first-order valence-corrected chi connectivity index (χ1v) is 12.5. The number of hydrogen-bond donors (Lipinski definition) is 2. The fourth-order valence-corrected chi connectivity index (χ4v) is 3.76. The van der Waals surface area contributed by atoms with Crippen LogP contribution in [0.25, 0.3) is 0 Å². The Morgan fingerprint density at radius 1 is 1.06 bits per heavy atom. The zero-order valence-electron chi connectivity index (χ0n) is 21.1. The van der Waals surface area contributed by atoms with Gasteiger partial charge in [0.25, 0.3) is 0 Å². The average Bonchev–Trinajstić information content (AvgIpc) is 2.79. The fourth-order valence-electron chi connectivity index (χ4n) is 3.76. The lowest BCUT2D eigenvalue weighted by molar-refractivity contribution is -0.149. The molecule has 0 saturated heterocycles. The van der Waals surface area contributed by atoms with Gasteiger partial charge >= 0.3 is 12.0 Å². The number of carbonyl (C=O) groups is 2. The highest BCUT2D eigenvalue weighted by Crippen LogP contribution is 2.17. The van der Waals surface area contributed by atoms with E-state index in [2.05, 4.69) is 26.1 Å². The van der Waals surface area contributed by atoms with Gasteiger partial charge in [-0.15, -0.1) is 0 Å². The maximum Gasteiger partial charge on any atom is 0.333 e. The number of rotatable bonds is 17. The third kappa shape index (κ3) is 11.4.